The van der Waals surface area contributed by atoms with Crippen LogP contribution in [0.5, 0.6) is 0 Å². The highest BCUT2D eigenvalue weighted by Gasteiger charge is 2.19. The molecule has 118 valence electrons. The fraction of sp³-hybridized carbons (Fsp3) is 0.250. The van der Waals surface area contributed by atoms with E-state index in [0.29, 0.717) is 23.6 Å². The number of aliphatic imine (C=N–C) groups is 1. The molecule has 7 heteroatoms. The van der Waals surface area contributed by atoms with E-state index in [4.69, 9.17) is 17.3 Å². The molecule has 0 radical (unpaired) electrons. The van der Waals surface area contributed by atoms with Crippen LogP contribution in [0.2, 0.25) is 5.15 Å². The first-order valence-corrected chi connectivity index (χ1v) is 7.67. The van der Waals surface area contributed by atoms with Crippen molar-refractivity contribution in [2.75, 3.05) is 6.54 Å². The maximum atomic E-state index is 11.2. The average molecular weight is 330 g/mol. The minimum Gasteiger partial charge on any atom is -0.404 e. The van der Waals surface area contributed by atoms with Gasteiger partial charge in [-0.15, -0.1) is 0 Å². The van der Waals surface area contributed by atoms with Crippen molar-refractivity contribution in [3.8, 4) is 0 Å². The van der Waals surface area contributed by atoms with Gasteiger partial charge in [-0.2, -0.15) is 0 Å². The van der Waals surface area contributed by atoms with Crippen LogP contribution < -0.4 is 11.1 Å². The van der Waals surface area contributed by atoms with Crippen molar-refractivity contribution >= 4 is 40.3 Å². The molecule has 1 amide bonds. The molecule has 0 spiro atoms. The summed E-state index contributed by atoms with van der Waals surface area (Å²) in [6, 6.07) is 5.49. The van der Waals surface area contributed by atoms with Gasteiger partial charge in [0.25, 0.3) is 0 Å². The van der Waals surface area contributed by atoms with E-state index in [1.54, 1.807) is 18.5 Å². The Morgan fingerprint density at radius 3 is 3.09 bits per heavy atom. The summed E-state index contributed by atoms with van der Waals surface area (Å²) in [5.41, 5.74) is 8.72. The Bertz CT molecular complexity index is 802. The highest BCUT2D eigenvalue weighted by Crippen LogP contribution is 2.18. The molecule has 0 bridgehead atoms. The number of rotatable bonds is 4. The zero-order chi connectivity index (χ0) is 16.2. The summed E-state index contributed by atoms with van der Waals surface area (Å²) < 4.78 is 0. The lowest BCUT2D eigenvalue weighted by Gasteiger charge is -2.06. The van der Waals surface area contributed by atoms with Crippen molar-refractivity contribution < 1.29 is 4.79 Å². The lowest BCUT2D eigenvalue weighted by molar-refractivity contribution is -0.119. The molecule has 3 heterocycles. The lowest BCUT2D eigenvalue weighted by atomic mass is 10.1. The van der Waals surface area contributed by atoms with Crippen molar-refractivity contribution in [3.63, 3.8) is 0 Å². The van der Waals surface area contributed by atoms with Gasteiger partial charge in [0.15, 0.2) is 0 Å². The first-order valence-electron chi connectivity index (χ1n) is 7.29. The molecule has 3 N–H and O–H groups in total. The third-order valence-corrected chi connectivity index (χ3v) is 3.87. The van der Waals surface area contributed by atoms with Crippen molar-refractivity contribution in [1.29, 1.82) is 0 Å². The lowest BCUT2D eigenvalue weighted by Crippen LogP contribution is -2.27. The molecule has 0 aliphatic carbocycles. The van der Waals surface area contributed by atoms with E-state index in [2.05, 4.69) is 20.3 Å². The summed E-state index contributed by atoms with van der Waals surface area (Å²) in [6.45, 7) is 0.536. The SMILES string of the molecule is NC=C(C=NC[C@@H]1CCC(=O)N1)c1cnc2ccc(Cl)nc2c1. The summed E-state index contributed by atoms with van der Waals surface area (Å²) in [5, 5.41) is 3.29. The van der Waals surface area contributed by atoms with E-state index >= 15 is 0 Å². The van der Waals surface area contributed by atoms with Crippen LogP contribution in [0.25, 0.3) is 16.6 Å². The molecule has 2 aromatic rings. The van der Waals surface area contributed by atoms with Crippen LogP contribution in [-0.2, 0) is 4.79 Å². The predicted molar refractivity (Wildman–Crippen MR) is 91.2 cm³/mol. The number of pyridine rings is 2. The summed E-state index contributed by atoms with van der Waals surface area (Å²) in [5.74, 6) is 0.0847. The van der Waals surface area contributed by atoms with Gasteiger partial charge in [0, 0.05) is 42.2 Å². The second-order valence-electron chi connectivity index (χ2n) is 5.32. The van der Waals surface area contributed by atoms with Gasteiger partial charge in [-0.05, 0) is 24.6 Å². The monoisotopic (exact) mass is 329 g/mol. The molecule has 3 rings (SSSR count). The van der Waals surface area contributed by atoms with Gasteiger partial charge in [0.2, 0.25) is 5.91 Å². The smallest absolute Gasteiger partial charge is 0.220 e. The molecule has 0 saturated carbocycles. The molecule has 1 aliphatic heterocycles. The Labute approximate surface area is 138 Å². The van der Waals surface area contributed by atoms with E-state index in [0.717, 1.165) is 23.1 Å². The summed E-state index contributed by atoms with van der Waals surface area (Å²) >= 11 is 5.91. The van der Waals surface area contributed by atoms with Crippen LogP contribution in [0.3, 0.4) is 0 Å². The first kappa shape index (κ1) is 15.4. The van der Waals surface area contributed by atoms with E-state index in [1.807, 2.05) is 12.1 Å². The van der Waals surface area contributed by atoms with Crippen LogP contribution in [0.1, 0.15) is 18.4 Å². The summed E-state index contributed by atoms with van der Waals surface area (Å²) in [6.07, 6.45) is 6.28. The topological polar surface area (TPSA) is 93.3 Å². The molecular weight excluding hydrogens is 314 g/mol. The largest absolute Gasteiger partial charge is 0.404 e. The van der Waals surface area contributed by atoms with Crippen molar-refractivity contribution in [2.24, 2.45) is 10.7 Å². The number of halogens is 1. The second-order valence-corrected chi connectivity index (χ2v) is 5.70. The van der Waals surface area contributed by atoms with Gasteiger partial charge >= 0.3 is 0 Å². The highest BCUT2D eigenvalue weighted by molar-refractivity contribution is 6.29. The summed E-state index contributed by atoms with van der Waals surface area (Å²) in [4.78, 5) is 24.1. The number of carbonyl (C=O) groups is 1. The number of fused-ring (bicyclic) bond motifs is 1. The Kier molecular flexibility index (Phi) is 4.52. The number of nitrogens with zero attached hydrogens (tertiary/aromatic N) is 3. The molecule has 1 atom stereocenters. The number of allylic oxidation sites excluding steroid dienone is 1. The molecule has 23 heavy (non-hydrogen) atoms. The summed E-state index contributed by atoms with van der Waals surface area (Å²) in [7, 11) is 0. The molecule has 2 aromatic heterocycles. The Hall–Kier alpha value is -2.47. The fourth-order valence-corrected chi connectivity index (χ4v) is 2.60. The first-order chi connectivity index (χ1) is 11.2. The number of aromatic nitrogens is 2. The van der Waals surface area contributed by atoms with Gasteiger partial charge in [0.1, 0.15) is 5.15 Å². The molecular formula is C16H16ClN5O. The van der Waals surface area contributed by atoms with Gasteiger partial charge in [-0.1, -0.05) is 11.6 Å². The quantitative estimate of drug-likeness (QED) is 0.662. The van der Waals surface area contributed by atoms with Crippen LogP contribution in [0, 0.1) is 0 Å². The normalized spacial score (nSPS) is 18.7. The average Bonchev–Trinajstić information content (AvgIpc) is 2.96. The molecule has 1 saturated heterocycles. The van der Waals surface area contributed by atoms with Gasteiger partial charge in [-0.3, -0.25) is 14.8 Å². The van der Waals surface area contributed by atoms with Crippen molar-refractivity contribution in [1.82, 2.24) is 15.3 Å². The molecule has 1 fully saturated rings. The molecule has 0 unspecified atom stereocenters. The number of hydrogen-bond donors (Lipinski definition) is 2. The van der Waals surface area contributed by atoms with Gasteiger partial charge < -0.3 is 11.1 Å². The third-order valence-electron chi connectivity index (χ3n) is 3.66. The Morgan fingerprint density at radius 1 is 1.48 bits per heavy atom. The maximum absolute atomic E-state index is 11.2. The molecule has 0 aromatic carbocycles. The number of hydrogen-bond acceptors (Lipinski definition) is 5. The van der Waals surface area contributed by atoms with Crippen LogP contribution in [0.15, 0.2) is 35.6 Å². The minimum atomic E-state index is 0.0847. The highest BCUT2D eigenvalue weighted by atomic mass is 35.5. The van der Waals surface area contributed by atoms with E-state index in [1.165, 1.54) is 6.20 Å². The third kappa shape index (κ3) is 3.65. The fourth-order valence-electron chi connectivity index (χ4n) is 2.45. The zero-order valence-corrected chi connectivity index (χ0v) is 13.1. The standard InChI is InChI=1S/C16H16ClN5O/c17-15-3-2-13-14(22-15)5-10(8-20-13)11(6-18)7-19-9-12-1-4-16(23)21-12/h2-3,5-8,12H,1,4,9,18H2,(H,21,23)/t12-/m0/s1. The van der Waals surface area contributed by atoms with Crippen LogP contribution >= 0.6 is 11.6 Å². The van der Waals surface area contributed by atoms with E-state index in [9.17, 15) is 4.79 Å². The second kappa shape index (κ2) is 6.75. The minimum absolute atomic E-state index is 0.0847. The zero-order valence-electron chi connectivity index (χ0n) is 12.4. The number of nitrogens with two attached hydrogens (primary N) is 1. The maximum Gasteiger partial charge on any atom is 0.220 e. The van der Waals surface area contributed by atoms with Crippen LogP contribution in [0.4, 0.5) is 0 Å². The van der Waals surface area contributed by atoms with E-state index in [-0.39, 0.29) is 11.9 Å². The number of carbonyl (C=O) groups excluding carboxylic acids is 1. The van der Waals surface area contributed by atoms with Gasteiger partial charge in [0.05, 0.1) is 17.6 Å². The van der Waals surface area contributed by atoms with Gasteiger partial charge in [-0.25, -0.2) is 4.98 Å². The molecule has 1 aliphatic rings. The predicted octanol–water partition coefficient (Wildman–Crippen LogP) is 1.93. The van der Waals surface area contributed by atoms with Crippen molar-refractivity contribution in [2.45, 2.75) is 18.9 Å². The Morgan fingerprint density at radius 2 is 2.35 bits per heavy atom. The number of amides is 1. The van der Waals surface area contributed by atoms with Crippen molar-refractivity contribution in [3.05, 3.63) is 41.3 Å². The molecule has 6 nitrogen and oxygen atoms in total. The van der Waals surface area contributed by atoms with Crippen LogP contribution in [-0.4, -0.2) is 34.7 Å². The Balaban J connectivity index is 1.76. The number of nitrogens with one attached hydrogen (secondary N) is 1. The van der Waals surface area contributed by atoms with E-state index < -0.39 is 0 Å².